The van der Waals surface area contributed by atoms with Crippen LogP contribution in [0.25, 0.3) is 0 Å². The van der Waals surface area contributed by atoms with Crippen LogP contribution in [0.15, 0.2) is 29.4 Å². The fourth-order valence-corrected chi connectivity index (χ4v) is 0.817. The summed E-state index contributed by atoms with van der Waals surface area (Å²) in [5, 5.41) is 3.05. The summed E-state index contributed by atoms with van der Waals surface area (Å²) >= 11 is 0. The van der Waals surface area contributed by atoms with Crippen LogP contribution in [-0.4, -0.2) is 14.1 Å². The third kappa shape index (κ3) is 5.53. The number of benzene rings is 1. The van der Waals surface area contributed by atoms with Crippen LogP contribution in [0.1, 0.15) is 0 Å². The molecular formula is C8H10Cl2N3Zn. The summed E-state index contributed by atoms with van der Waals surface area (Å²) in [6.45, 7) is 0. The Morgan fingerprint density at radius 3 is 1.79 bits per heavy atom. The van der Waals surface area contributed by atoms with Crippen molar-refractivity contribution in [2.75, 3.05) is 19.0 Å². The van der Waals surface area contributed by atoms with E-state index in [0.717, 1.165) is 5.69 Å². The average molecular weight is 284 g/mol. The van der Waals surface area contributed by atoms with Gasteiger partial charge in [0.1, 0.15) is 0 Å². The molecule has 14 heavy (non-hydrogen) atoms. The van der Waals surface area contributed by atoms with E-state index >= 15 is 0 Å². The van der Waals surface area contributed by atoms with E-state index in [0.29, 0.717) is 5.69 Å². The van der Waals surface area contributed by atoms with Crippen LogP contribution in [0.4, 0.5) is 11.4 Å². The van der Waals surface area contributed by atoms with Crippen LogP contribution in [-0.2, 0) is 19.5 Å². The molecule has 0 heterocycles. The van der Waals surface area contributed by atoms with Gasteiger partial charge in [0.15, 0.2) is 0 Å². The van der Waals surface area contributed by atoms with E-state index in [2.05, 4.69) is 5.11 Å². The smallest absolute Gasteiger partial charge is 1.00 e. The molecule has 1 radical (unpaired) electrons. The van der Waals surface area contributed by atoms with Crippen molar-refractivity contribution in [1.29, 1.82) is 0 Å². The number of hydrogen-bond donors (Lipinski definition) is 0. The molecule has 0 fully saturated rings. The molecule has 0 saturated carbocycles. The maximum Gasteiger partial charge on any atom is 2.00 e. The Morgan fingerprint density at radius 1 is 1.07 bits per heavy atom. The Bertz CT molecular complexity index is 251. The van der Waals surface area contributed by atoms with E-state index < -0.39 is 0 Å². The molecule has 1 aromatic rings. The van der Waals surface area contributed by atoms with Crippen molar-refractivity contribution < 1.29 is 44.3 Å². The van der Waals surface area contributed by atoms with Gasteiger partial charge in [0.05, 0.1) is 5.69 Å². The molecule has 3 nitrogen and oxygen atoms in total. The summed E-state index contributed by atoms with van der Waals surface area (Å²) in [7, 11) is 3.93. The summed E-state index contributed by atoms with van der Waals surface area (Å²) in [6.07, 6.45) is 0. The zero-order valence-corrected chi connectivity index (χ0v) is 12.6. The second kappa shape index (κ2) is 9.38. The average Bonchev–Trinajstić information content (AvgIpc) is 2.05. The van der Waals surface area contributed by atoms with Gasteiger partial charge in [-0.15, -0.1) is 5.11 Å². The van der Waals surface area contributed by atoms with Crippen molar-refractivity contribution in [2.24, 2.45) is 5.11 Å². The fraction of sp³-hybridized carbons (Fsp3) is 0.250. The van der Waals surface area contributed by atoms with Crippen molar-refractivity contribution in [1.82, 2.24) is 5.53 Å². The minimum Gasteiger partial charge on any atom is -1.00 e. The van der Waals surface area contributed by atoms with E-state index in [1.807, 2.05) is 31.1 Å². The van der Waals surface area contributed by atoms with E-state index in [4.69, 9.17) is 5.53 Å². The second-order valence-electron chi connectivity index (χ2n) is 2.51. The standard InChI is InChI=1S/C8H10N3.2ClH.Zn/c1-11(2)8-5-3-7(10-9)4-6-8;;;/h3-6H,1-2H3;2*1H;/q;;;+2/p-2. The first-order valence-corrected chi connectivity index (χ1v) is 3.36. The third-order valence-electron chi connectivity index (χ3n) is 1.48. The zero-order chi connectivity index (χ0) is 8.27. The van der Waals surface area contributed by atoms with Gasteiger partial charge < -0.3 is 29.7 Å². The minimum atomic E-state index is 0. The Labute approximate surface area is 109 Å². The molecule has 0 aromatic heterocycles. The molecule has 0 amide bonds. The number of hydrogen-bond acceptors (Lipinski definition) is 2. The summed E-state index contributed by atoms with van der Waals surface area (Å²) in [6, 6.07) is 7.31. The normalized spacial score (nSPS) is 7.29. The molecular weight excluding hydrogens is 274 g/mol. The van der Waals surface area contributed by atoms with Gasteiger partial charge in [-0.3, -0.25) is 0 Å². The molecule has 0 aliphatic carbocycles. The summed E-state index contributed by atoms with van der Waals surface area (Å²) in [5.74, 6) is 0. The van der Waals surface area contributed by atoms with E-state index in [9.17, 15) is 0 Å². The molecule has 0 saturated heterocycles. The van der Waals surface area contributed by atoms with Gasteiger partial charge >= 0.3 is 19.5 Å². The van der Waals surface area contributed by atoms with Crippen LogP contribution in [0.2, 0.25) is 0 Å². The van der Waals surface area contributed by atoms with Gasteiger partial charge in [-0.1, -0.05) is 0 Å². The SMILES string of the molecule is CN(C)c1ccc(N=[N])cc1.[Cl-].[Cl-].[Zn+2]. The quantitative estimate of drug-likeness (QED) is 0.400. The minimum absolute atomic E-state index is 0. The molecule has 0 bridgehead atoms. The number of nitrogens with zero attached hydrogens (tertiary/aromatic N) is 3. The van der Waals surface area contributed by atoms with Crippen molar-refractivity contribution in [3.8, 4) is 0 Å². The summed E-state index contributed by atoms with van der Waals surface area (Å²) in [4.78, 5) is 1.99. The molecule has 0 N–H and O–H groups in total. The van der Waals surface area contributed by atoms with Crippen molar-refractivity contribution >= 4 is 11.4 Å². The van der Waals surface area contributed by atoms with Crippen LogP contribution >= 0.6 is 0 Å². The molecule has 0 atom stereocenters. The predicted octanol–water partition coefficient (Wildman–Crippen LogP) is -4.36. The molecule has 0 unspecified atom stereocenters. The van der Waals surface area contributed by atoms with Crippen LogP contribution < -0.4 is 35.2 Å². The maximum atomic E-state index is 8.38. The van der Waals surface area contributed by atoms with E-state index in [1.165, 1.54) is 0 Å². The van der Waals surface area contributed by atoms with Gasteiger partial charge in [-0.05, 0) is 29.8 Å². The Kier molecular flexibility index (Phi) is 13.0. The second-order valence-corrected chi connectivity index (χ2v) is 2.51. The molecule has 73 valence electrons. The van der Waals surface area contributed by atoms with Gasteiger partial charge in [-0.2, -0.15) is 0 Å². The first-order valence-electron chi connectivity index (χ1n) is 3.36. The molecule has 0 aliphatic rings. The zero-order valence-electron chi connectivity index (χ0n) is 8.11. The third-order valence-corrected chi connectivity index (χ3v) is 1.48. The number of anilines is 1. The molecule has 1 aromatic carbocycles. The maximum absolute atomic E-state index is 8.38. The van der Waals surface area contributed by atoms with Crippen LogP contribution in [0.3, 0.4) is 0 Å². The van der Waals surface area contributed by atoms with Crippen molar-refractivity contribution in [3.63, 3.8) is 0 Å². The van der Waals surface area contributed by atoms with Gasteiger partial charge in [-0.25, -0.2) is 0 Å². The monoisotopic (exact) mass is 282 g/mol. The Hall–Kier alpha value is -0.177. The largest absolute Gasteiger partial charge is 2.00 e. The summed E-state index contributed by atoms with van der Waals surface area (Å²) < 4.78 is 0. The van der Waals surface area contributed by atoms with Gasteiger partial charge in [0.25, 0.3) is 0 Å². The predicted molar refractivity (Wildman–Crippen MR) is 45.0 cm³/mol. The van der Waals surface area contributed by atoms with E-state index in [1.54, 1.807) is 12.1 Å². The number of rotatable bonds is 2. The van der Waals surface area contributed by atoms with Crippen LogP contribution in [0.5, 0.6) is 0 Å². The first kappa shape index (κ1) is 19.4. The van der Waals surface area contributed by atoms with Crippen LogP contribution in [0, 0.1) is 0 Å². The van der Waals surface area contributed by atoms with Gasteiger partial charge in [0.2, 0.25) is 0 Å². The Balaban J connectivity index is -0.000000403. The summed E-state index contributed by atoms with van der Waals surface area (Å²) in [5.41, 5.74) is 10.1. The Morgan fingerprint density at radius 2 is 1.50 bits per heavy atom. The molecule has 6 heteroatoms. The topological polar surface area (TPSA) is 37.9 Å². The van der Waals surface area contributed by atoms with Gasteiger partial charge in [0, 0.05) is 19.8 Å². The molecule has 1 rings (SSSR count). The van der Waals surface area contributed by atoms with Crippen molar-refractivity contribution in [2.45, 2.75) is 0 Å². The van der Waals surface area contributed by atoms with E-state index in [-0.39, 0.29) is 44.3 Å². The molecule has 0 spiro atoms. The number of halogens is 2. The fourth-order valence-electron chi connectivity index (χ4n) is 0.817. The molecule has 0 aliphatic heterocycles. The first-order chi connectivity index (χ1) is 5.24. The van der Waals surface area contributed by atoms with Crippen molar-refractivity contribution in [3.05, 3.63) is 24.3 Å².